The highest BCUT2D eigenvalue weighted by Crippen LogP contribution is 2.24. The summed E-state index contributed by atoms with van der Waals surface area (Å²) in [5, 5.41) is 3.72. The summed E-state index contributed by atoms with van der Waals surface area (Å²) in [6, 6.07) is 7.44. The predicted octanol–water partition coefficient (Wildman–Crippen LogP) is 2.35. The summed E-state index contributed by atoms with van der Waals surface area (Å²) in [4.78, 5) is 26.6. The highest BCUT2D eigenvalue weighted by molar-refractivity contribution is 7.89. The second kappa shape index (κ2) is 9.09. The van der Waals surface area contributed by atoms with Crippen molar-refractivity contribution in [1.82, 2.24) is 14.4 Å². The van der Waals surface area contributed by atoms with E-state index in [1.54, 1.807) is 30.9 Å². The Morgan fingerprint density at radius 2 is 1.67 bits per heavy atom. The van der Waals surface area contributed by atoms with Crippen LogP contribution < -0.4 is 0 Å². The minimum Gasteiger partial charge on any atom is -0.360 e. The van der Waals surface area contributed by atoms with Crippen molar-refractivity contribution in [3.63, 3.8) is 0 Å². The second-order valence-electron chi connectivity index (χ2n) is 7.41. The summed E-state index contributed by atoms with van der Waals surface area (Å²) >= 11 is 0. The minimum atomic E-state index is -3.71. The molecule has 2 aromatic rings. The van der Waals surface area contributed by atoms with Crippen molar-refractivity contribution < 1.29 is 22.5 Å². The largest absolute Gasteiger partial charge is 0.360 e. The van der Waals surface area contributed by atoms with Crippen LogP contribution in [-0.4, -0.2) is 60.6 Å². The fraction of sp³-hybridized carbons (Fsp3) is 0.476. The lowest BCUT2D eigenvalue weighted by Gasteiger charge is -2.34. The first-order chi connectivity index (χ1) is 14.2. The van der Waals surface area contributed by atoms with Crippen molar-refractivity contribution in [3.05, 3.63) is 46.8 Å². The van der Waals surface area contributed by atoms with E-state index < -0.39 is 10.0 Å². The Morgan fingerprint density at radius 1 is 1.03 bits per heavy atom. The van der Waals surface area contributed by atoms with Gasteiger partial charge in [-0.3, -0.25) is 9.59 Å². The summed E-state index contributed by atoms with van der Waals surface area (Å²) in [7, 11) is -3.71. The van der Waals surface area contributed by atoms with E-state index in [1.807, 2.05) is 12.1 Å². The lowest BCUT2D eigenvalue weighted by atomic mass is 10.0. The minimum absolute atomic E-state index is 0.0642. The molecule has 0 bridgehead atoms. The third-order valence-electron chi connectivity index (χ3n) is 5.41. The highest BCUT2D eigenvalue weighted by atomic mass is 32.2. The molecule has 1 amide bonds. The van der Waals surface area contributed by atoms with Gasteiger partial charge in [-0.15, -0.1) is 0 Å². The summed E-state index contributed by atoms with van der Waals surface area (Å²) in [5.41, 5.74) is 2.10. The molecule has 1 aliphatic rings. The zero-order valence-electron chi connectivity index (χ0n) is 17.6. The van der Waals surface area contributed by atoms with Crippen LogP contribution in [0.3, 0.4) is 0 Å². The number of Topliss-reactive ketones (excluding diaryl/α,β-unsaturated/α-hetero) is 1. The Kier molecular flexibility index (Phi) is 6.72. The standard InChI is InChI=1S/C21H27N3O5S/c1-4-17-5-7-18(8-6-17)19(25)9-10-20(26)23-11-13-24(14-12-23)30(27,28)21-15(2)22-29-16(21)3/h5-8H,4,9-14H2,1-3H3. The highest BCUT2D eigenvalue weighted by Gasteiger charge is 2.34. The predicted molar refractivity (Wildman–Crippen MR) is 111 cm³/mol. The maximum atomic E-state index is 12.9. The lowest BCUT2D eigenvalue weighted by Crippen LogP contribution is -2.50. The number of rotatable bonds is 7. The molecule has 0 spiro atoms. The Balaban J connectivity index is 1.53. The smallest absolute Gasteiger partial charge is 0.248 e. The molecule has 8 nitrogen and oxygen atoms in total. The molecule has 9 heteroatoms. The van der Waals surface area contributed by atoms with Crippen LogP contribution in [0.2, 0.25) is 0 Å². The summed E-state index contributed by atoms with van der Waals surface area (Å²) < 4.78 is 32.1. The van der Waals surface area contributed by atoms with E-state index in [0.29, 0.717) is 24.3 Å². The van der Waals surface area contributed by atoms with E-state index in [0.717, 1.165) is 12.0 Å². The topological polar surface area (TPSA) is 101 Å². The monoisotopic (exact) mass is 433 g/mol. The molecule has 162 valence electrons. The van der Waals surface area contributed by atoms with Gasteiger partial charge in [0.1, 0.15) is 10.6 Å². The number of aromatic nitrogens is 1. The van der Waals surface area contributed by atoms with Crippen LogP contribution in [0.5, 0.6) is 0 Å². The van der Waals surface area contributed by atoms with E-state index in [4.69, 9.17) is 4.52 Å². The van der Waals surface area contributed by atoms with E-state index in [1.165, 1.54) is 4.31 Å². The van der Waals surface area contributed by atoms with E-state index in [9.17, 15) is 18.0 Å². The van der Waals surface area contributed by atoms with Crippen LogP contribution >= 0.6 is 0 Å². The fourth-order valence-corrected chi connectivity index (χ4v) is 5.31. The summed E-state index contributed by atoms with van der Waals surface area (Å²) in [6.45, 7) is 6.20. The SMILES string of the molecule is CCc1ccc(C(=O)CCC(=O)N2CCN(S(=O)(=O)c3c(C)noc3C)CC2)cc1. The number of hydrogen-bond donors (Lipinski definition) is 0. The third-order valence-corrected chi connectivity index (χ3v) is 7.55. The van der Waals surface area contributed by atoms with E-state index in [-0.39, 0.29) is 48.3 Å². The molecule has 0 saturated carbocycles. The molecule has 1 aliphatic heterocycles. The quantitative estimate of drug-likeness (QED) is 0.622. The number of amides is 1. The molecule has 3 rings (SSSR count). The van der Waals surface area contributed by atoms with Crippen LogP contribution in [0.25, 0.3) is 0 Å². The van der Waals surface area contributed by atoms with Gasteiger partial charge in [0.25, 0.3) is 0 Å². The first kappa shape index (κ1) is 22.2. The van der Waals surface area contributed by atoms with Crippen molar-refractivity contribution in [2.45, 2.75) is 44.9 Å². The van der Waals surface area contributed by atoms with Crippen LogP contribution in [0.1, 0.15) is 47.1 Å². The Labute approximate surface area is 176 Å². The molecule has 0 unspecified atom stereocenters. The van der Waals surface area contributed by atoms with Crippen LogP contribution in [0.15, 0.2) is 33.7 Å². The Morgan fingerprint density at radius 3 is 2.20 bits per heavy atom. The molecule has 1 aromatic heterocycles. The molecular weight excluding hydrogens is 406 g/mol. The number of aryl methyl sites for hydroxylation is 3. The second-order valence-corrected chi connectivity index (χ2v) is 9.29. The fourth-order valence-electron chi connectivity index (χ4n) is 3.60. The van der Waals surface area contributed by atoms with E-state index >= 15 is 0 Å². The van der Waals surface area contributed by atoms with Crippen LogP contribution in [-0.2, 0) is 21.2 Å². The van der Waals surface area contributed by atoms with Gasteiger partial charge in [-0.2, -0.15) is 4.31 Å². The van der Waals surface area contributed by atoms with Gasteiger partial charge >= 0.3 is 0 Å². The first-order valence-corrected chi connectivity index (χ1v) is 11.5. The van der Waals surface area contributed by atoms with Gasteiger partial charge in [0.15, 0.2) is 11.5 Å². The molecular formula is C21H27N3O5S. The normalized spacial score (nSPS) is 15.4. The van der Waals surface area contributed by atoms with Gasteiger partial charge in [-0.1, -0.05) is 36.3 Å². The number of hydrogen-bond acceptors (Lipinski definition) is 6. The number of carbonyl (C=O) groups is 2. The molecule has 30 heavy (non-hydrogen) atoms. The van der Waals surface area contributed by atoms with Gasteiger partial charge < -0.3 is 9.42 Å². The molecule has 1 saturated heterocycles. The molecule has 1 fully saturated rings. The Bertz CT molecular complexity index is 1000. The maximum absolute atomic E-state index is 12.9. The van der Waals surface area contributed by atoms with Gasteiger partial charge in [-0.25, -0.2) is 8.42 Å². The molecule has 0 aliphatic carbocycles. The average molecular weight is 434 g/mol. The maximum Gasteiger partial charge on any atom is 0.248 e. The average Bonchev–Trinajstić information content (AvgIpc) is 3.10. The molecule has 0 radical (unpaired) electrons. The molecule has 1 aromatic carbocycles. The summed E-state index contributed by atoms with van der Waals surface area (Å²) in [5.74, 6) is 0.0602. The van der Waals surface area contributed by atoms with Crippen LogP contribution in [0.4, 0.5) is 0 Å². The molecule has 0 atom stereocenters. The van der Waals surface area contributed by atoms with Crippen molar-refractivity contribution >= 4 is 21.7 Å². The van der Waals surface area contributed by atoms with Gasteiger partial charge in [0, 0.05) is 44.6 Å². The number of carbonyl (C=O) groups excluding carboxylic acids is 2. The zero-order chi connectivity index (χ0) is 21.9. The molecule has 0 N–H and O–H groups in total. The summed E-state index contributed by atoms with van der Waals surface area (Å²) in [6.07, 6.45) is 1.16. The van der Waals surface area contributed by atoms with Crippen molar-refractivity contribution in [3.8, 4) is 0 Å². The van der Waals surface area contributed by atoms with Gasteiger partial charge in [0.2, 0.25) is 15.9 Å². The molecule has 2 heterocycles. The number of benzene rings is 1. The number of sulfonamides is 1. The lowest BCUT2D eigenvalue weighted by molar-refractivity contribution is -0.132. The van der Waals surface area contributed by atoms with Gasteiger partial charge in [0.05, 0.1) is 0 Å². The number of ketones is 1. The van der Waals surface area contributed by atoms with Crippen molar-refractivity contribution in [2.75, 3.05) is 26.2 Å². The van der Waals surface area contributed by atoms with Crippen molar-refractivity contribution in [2.24, 2.45) is 0 Å². The number of piperazine rings is 1. The van der Waals surface area contributed by atoms with Crippen molar-refractivity contribution in [1.29, 1.82) is 0 Å². The zero-order valence-corrected chi connectivity index (χ0v) is 18.4. The van der Waals surface area contributed by atoms with Gasteiger partial charge in [-0.05, 0) is 25.8 Å². The third kappa shape index (κ3) is 4.62. The van der Waals surface area contributed by atoms with E-state index in [2.05, 4.69) is 12.1 Å². The van der Waals surface area contributed by atoms with Crippen LogP contribution in [0, 0.1) is 13.8 Å². The Hall–Kier alpha value is -2.52. The number of nitrogens with zero attached hydrogens (tertiary/aromatic N) is 3. The first-order valence-electron chi connectivity index (χ1n) is 10.1.